The van der Waals surface area contributed by atoms with Crippen LogP contribution in [0.1, 0.15) is 54.6 Å². The fourth-order valence-electron chi connectivity index (χ4n) is 4.90. The van der Waals surface area contributed by atoms with Crippen LogP contribution in [0.15, 0.2) is 18.2 Å². The fraction of sp³-hybridized carbons (Fsp3) is 0.667. The van der Waals surface area contributed by atoms with Crippen LogP contribution in [0.5, 0.6) is 0 Å². The van der Waals surface area contributed by atoms with Gasteiger partial charge in [-0.2, -0.15) is 0 Å². The summed E-state index contributed by atoms with van der Waals surface area (Å²) < 4.78 is 5.84. The molecule has 136 valence electrons. The van der Waals surface area contributed by atoms with Gasteiger partial charge in [-0.3, -0.25) is 9.69 Å². The number of amides is 1. The lowest BCUT2D eigenvalue weighted by Gasteiger charge is -2.38. The molecule has 0 spiro atoms. The van der Waals surface area contributed by atoms with Crippen molar-refractivity contribution in [3.05, 3.63) is 34.9 Å². The number of carbonyl (C=O) groups is 1. The zero-order valence-electron chi connectivity index (χ0n) is 15.5. The van der Waals surface area contributed by atoms with Crippen LogP contribution in [-0.4, -0.2) is 60.1 Å². The second-order valence-electron chi connectivity index (χ2n) is 8.11. The summed E-state index contributed by atoms with van der Waals surface area (Å²) in [5, 5.41) is 0. The first kappa shape index (κ1) is 17.0. The van der Waals surface area contributed by atoms with Gasteiger partial charge in [0.2, 0.25) is 0 Å². The number of benzene rings is 1. The van der Waals surface area contributed by atoms with E-state index in [2.05, 4.69) is 35.8 Å². The predicted octanol–water partition coefficient (Wildman–Crippen LogP) is 2.89. The minimum absolute atomic E-state index is 0.228. The molecule has 3 atom stereocenters. The Morgan fingerprint density at radius 3 is 2.68 bits per heavy atom. The van der Waals surface area contributed by atoms with Crippen molar-refractivity contribution in [3.8, 4) is 0 Å². The van der Waals surface area contributed by atoms with E-state index in [1.165, 1.54) is 24.0 Å². The third kappa shape index (κ3) is 3.61. The van der Waals surface area contributed by atoms with Gasteiger partial charge in [0, 0.05) is 37.8 Å². The van der Waals surface area contributed by atoms with Crippen molar-refractivity contribution < 1.29 is 9.53 Å². The van der Waals surface area contributed by atoms with Crippen molar-refractivity contribution in [3.63, 3.8) is 0 Å². The van der Waals surface area contributed by atoms with Crippen LogP contribution >= 0.6 is 0 Å². The monoisotopic (exact) mass is 342 g/mol. The highest BCUT2D eigenvalue weighted by Crippen LogP contribution is 2.26. The number of morpholine rings is 1. The number of aryl methyl sites for hydroxylation is 2. The van der Waals surface area contributed by atoms with Gasteiger partial charge in [-0.15, -0.1) is 0 Å². The second kappa shape index (κ2) is 7.08. The van der Waals surface area contributed by atoms with Gasteiger partial charge in [-0.1, -0.05) is 6.07 Å². The molecule has 3 aliphatic rings. The van der Waals surface area contributed by atoms with Crippen LogP contribution in [-0.2, 0) is 17.6 Å². The molecule has 4 nitrogen and oxygen atoms in total. The van der Waals surface area contributed by atoms with Crippen LogP contribution in [0, 0.1) is 0 Å². The fourth-order valence-corrected chi connectivity index (χ4v) is 4.90. The number of likely N-dealkylation sites (tertiary alicyclic amines) is 1. The quantitative estimate of drug-likeness (QED) is 0.847. The summed E-state index contributed by atoms with van der Waals surface area (Å²) >= 11 is 0. The number of hydrogen-bond donors (Lipinski definition) is 0. The molecule has 1 aromatic rings. The lowest BCUT2D eigenvalue weighted by atomic mass is 10.0. The molecule has 4 rings (SSSR count). The normalized spacial score (nSPS) is 29.8. The Labute approximate surface area is 151 Å². The SMILES string of the molecule is C[C@@H]1CN(C[C@@H]2CCCN2C(=O)c2ccc3c(c2)CCC3)C[C@@H](C)O1. The molecule has 2 heterocycles. The summed E-state index contributed by atoms with van der Waals surface area (Å²) in [4.78, 5) is 17.7. The number of nitrogens with zero attached hydrogens (tertiary/aromatic N) is 2. The molecule has 1 aliphatic carbocycles. The van der Waals surface area contributed by atoms with Crippen molar-refractivity contribution in [2.75, 3.05) is 26.2 Å². The van der Waals surface area contributed by atoms with Crippen molar-refractivity contribution in [1.82, 2.24) is 9.80 Å². The first-order valence-corrected chi connectivity index (χ1v) is 9.91. The van der Waals surface area contributed by atoms with Gasteiger partial charge >= 0.3 is 0 Å². The topological polar surface area (TPSA) is 32.8 Å². The lowest BCUT2D eigenvalue weighted by Crippen LogP contribution is -2.50. The Bertz CT molecular complexity index is 635. The lowest BCUT2D eigenvalue weighted by molar-refractivity contribution is -0.0715. The Hall–Kier alpha value is -1.39. The van der Waals surface area contributed by atoms with Crippen molar-refractivity contribution in [2.24, 2.45) is 0 Å². The van der Waals surface area contributed by atoms with E-state index in [1.807, 2.05) is 6.07 Å². The molecule has 0 saturated carbocycles. The maximum Gasteiger partial charge on any atom is 0.254 e. The third-order valence-corrected chi connectivity index (χ3v) is 5.95. The molecular formula is C21H30N2O2. The molecular weight excluding hydrogens is 312 g/mol. The molecule has 0 radical (unpaired) electrons. The molecule has 0 unspecified atom stereocenters. The van der Waals surface area contributed by atoms with Gasteiger partial charge in [0.05, 0.1) is 12.2 Å². The first-order chi connectivity index (χ1) is 12.1. The summed E-state index contributed by atoms with van der Waals surface area (Å²) in [5.41, 5.74) is 3.71. The van der Waals surface area contributed by atoms with E-state index >= 15 is 0 Å². The second-order valence-corrected chi connectivity index (χ2v) is 8.11. The van der Waals surface area contributed by atoms with Crippen molar-refractivity contribution in [1.29, 1.82) is 0 Å². The maximum absolute atomic E-state index is 13.1. The number of fused-ring (bicyclic) bond motifs is 1. The molecule has 1 amide bonds. The highest BCUT2D eigenvalue weighted by Gasteiger charge is 2.33. The van der Waals surface area contributed by atoms with Gasteiger partial charge < -0.3 is 9.64 Å². The Morgan fingerprint density at radius 1 is 1.12 bits per heavy atom. The van der Waals surface area contributed by atoms with Gasteiger partial charge in [-0.05, 0) is 69.2 Å². The van der Waals surface area contributed by atoms with E-state index in [9.17, 15) is 4.79 Å². The van der Waals surface area contributed by atoms with Crippen LogP contribution in [0.4, 0.5) is 0 Å². The maximum atomic E-state index is 13.1. The average molecular weight is 342 g/mol. The van der Waals surface area contributed by atoms with Gasteiger partial charge in [0.25, 0.3) is 5.91 Å². The summed E-state index contributed by atoms with van der Waals surface area (Å²) in [6.45, 7) is 8.11. The van der Waals surface area contributed by atoms with E-state index in [1.54, 1.807) is 0 Å². The van der Waals surface area contributed by atoms with Crippen LogP contribution in [0.2, 0.25) is 0 Å². The molecule has 25 heavy (non-hydrogen) atoms. The molecule has 1 aromatic carbocycles. The summed E-state index contributed by atoms with van der Waals surface area (Å²) in [5.74, 6) is 0.228. The summed E-state index contributed by atoms with van der Waals surface area (Å²) in [6, 6.07) is 6.71. The van der Waals surface area contributed by atoms with E-state index < -0.39 is 0 Å². The molecule has 2 fully saturated rings. The first-order valence-electron chi connectivity index (χ1n) is 9.91. The Balaban J connectivity index is 1.45. The van der Waals surface area contributed by atoms with Gasteiger partial charge in [-0.25, -0.2) is 0 Å². The highest BCUT2D eigenvalue weighted by molar-refractivity contribution is 5.95. The molecule has 4 heteroatoms. The highest BCUT2D eigenvalue weighted by atomic mass is 16.5. The Morgan fingerprint density at radius 2 is 1.88 bits per heavy atom. The number of hydrogen-bond acceptors (Lipinski definition) is 3. The van der Waals surface area contributed by atoms with Crippen LogP contribution in [0.3, 0.4) is 0 Å². The Kier molecular flexibility index (Phi) is 4.83. The average Bonchev–Trinajstić information content (AvgIpc) is 3.21. The zero-order valence-corrected chi connectivity index (χ0v) is 15.5. The van der Waals surface area contributed by atoms with Crippen LogP contribution < -0.4 is 0 Å². The van der Waals surface area contributed by atoms with Gasteiger partial charge in [0.1, 0.15) is 0 Å². The molecule has 0 aromatic heterocycles. The third-order valence-electron chi connectivity index (χ3n) is 5.95. The van der Waals surface area contributed by atoms with Gasteiger partial charge in [0.15, 0.2) is 0 Å². The zero-order chi connectivity index (χ0) is 17.4. The van der Waals surface area contributed by atoms with Crippen molar-refractivity contribution >= 4 is 5.91 Å². The van der Waals surface area contributed by atoms with Crippen molar-refractivity contribution in [2.45, 2.75) is 64.2 Å². The van der Waals surface area contributed by atoms with E-state index in [0.29, 0.717) is 6.04 Å². The predicted molar refractivity (Wildman–Crippen MR) is 99.0 cm³/mol. The minimum Gasteiger partial charge on any atom is -0.373 e. The van der Waals surface area contributed by atoms with E-state index in [0.717, 1.165) is 51.0 Å². The molecule has 0 bridgehead atoms. The van der Waals surface area contributed by atoms with Crippen LogP contribution in [0.25, 0.3) is 0 Å². The standard InChI is InChI=1S/C21H30N2O2/c1-15-12-22(13-16(2)25-15)14-20-7-4-10-23(20)21(24)19-9-8-17-5-3-6-18(17)11-19/h8-9,11,15-16,20H,3-7,10,12-14H2,1-2H3/t15-,16-,20+/m1/s1. The van der Waals surface area contributed by atoms with E-state index in [4.69, 9.17) is 4.74 Å². The van der Waals surface area contributed by atoms with E-state index in [-0.39, 0.29) is 18.1 Å². The summed E-state index contributed by atoms with van der Waals surface area (Å²) in [6.07, 6.45) is 6.34. The number of rotatable bonds is 3. The summed E-state index contributed by atoms with van der Waals surface area (Å²) in [7, 11) is 0. The number of ether oxygens (including phenoxy) is 1. The minimum atomic E-state index is 0.228. The smallest absolute Gasteiger partial charge is 0.254 e. The largest absolute Gasteiger partial charge is 0.373 e. The molecule has 2 saturated heterocycles. The molecule has 0 N–H and O–H groups in total. The molecule has 2 aliphatic heterocycles. The number of carbonyl (C=O) groups excluding carboxylic acids is 1.